The molecule has 112 valence electrons. The maximum Gasteiger partial charge on any atom is 0.263 e. The largest absolute Gasteiger partial charge is 0.280 e. The van der Waals surface area contributed by atoms with Crippen molar-refractivity contribution in [3.63, 3.8) is 0 Å². The van der Waals surface area contributed by atoms with Crippen LogP contribution in [0.3, 0.4) is 0 Å². The summed E-state index contributed by atoms with van der Waals surface area (Å²) in [6.45, 7) is 0. The number of sulfonamides is 1. The third-order valence-corrected chi connectivity index (χ3v) is 6.10. The Morgan fingerprint density at radius 2 is 2.00 bits per heavy atom. The topological polar surface area (TPSA) is 70.0 Å². The zero-order valence-corrected chi connectivity index (χ0v) is 13.4. The number of hydrogen-bond acceptors (Lipinski definition) is 4. The normalized spacial score (nSPS) is 14.0. The predicted molar refractivity (Wildman–Crippen MR) is 87.5 cm³/mol. The molecule has 4 nitrogen and oxygen atoms in total. The Labute approximate surface area is 134 Å². The number of rotatable bonds is 3. The van der Waals surface area contributed by atoms with Gasteiger partial charge in [-0.2, -0.15) is 5.26 Å². The Bertz CT molecular complexity index is 855. The maximum absolute atomic E-state index is 12.5. The van der Waals surface area contributed by atoms with Gasteiger partial charge < -0.3 is 0 Å². The monoisotopic (exact) mass is 330 g/mol. The van der Waals surface area contributed by atoms with E-state index >= 15 is 0 Å². The molecule has 0 atom stereocenters. The zero-order valence-electron chi connectivity index (χ0n) is 11.7. The number of fused-ring (bicyclic) bond motifs is 1. The molecule has 2 aromatic rings. The lowest BCUT2D eigenvalue weighted by molar-refractivity contribution is 0.601. The fourth-order valence-corrected chi connectivity index (χ4v) is 4.65. The van der Waals surface area contributed by atoms with Crippen LogP contribution in [0.15, 0.2) is 52.3 Å². The zero-order chi connectivity index (χ0) is 15.6. The number of nitrogens with zero attached hydrogens (tertiary/aromatic N) is 1. The Hall–Kier alpha value is -1.97. The van der Waals surface area contributed by atoms with Crippen molar-refractivity contribution in [1.29, 1.82) is 5.26 Å². The SMILES string of the molecule is N#Cc1ccccc1S(=O)(=O)Nc1ccc2c(c1)CCCS2. The predicted octanol–water partition coefficient (Wildman–Crippen LogP) is 3.40. The highest BCUT2D eigenvalue weighted by atomic mass is 32.2. The highest BCUT2D eigenvalue weighted by Crippen LogP contribution is 2.32. The highest BCUT2D eigenvalue weighted by molar-refractivity contribution is 7.99. The third kappa shape index (κ3) is 2.96. The molecule has 0 aromatic heterocycles. The summed E-state index contributed by atoms with van der Waals surface area (Å²) in [6.07, 6.45) is 2.07. The molecule has 0 saturated heterocycles. The number of aryl methyl sites for hydroxylation is 1. The summed E-state index contributed by atoms with van der Waals surface area (Å²) in [4.78, 5) is 1.22. The van der Waals surface area contributed by atoms with Crippen molar-refractivity contribution in [1.82, 2.24) is 0 Å². The van der Waals surface area contributed by atoms with Gasteiger partial charge in [-0.05, 0) is 54.5 Å². The molecule has 0 unspecified atom stereocenters. The molecular weight excluding hydrogens is 316 g/mol. The van der Waals surface area contributed by atoms with Crippen molar-refractivity contribution in [3.8, 4) is 6.07 Å². The second-order valence-electron chi connectivity index (χ2n) is 4.99. The van der Waals surface area contributed by atoms with Gasteiger partial charge in [-0.15, -0.1) is 11.8 Å². The lowest BCUT2D eigenvalue weighted by Gasteiger charge is -2.17. The number of benzene rings is 2. The summed E-state index contributed by atoms with van der Waals surface area (Å²) in [5, 5.41) is 9.06. The Morgan fingerprint density at radius 1 is 1.18 bits per heavy atom. The molecule has 2 aromatic carbocycles. The third-order valence-electron chi connectivity index (χ3n) is 3.46. The second kappa shape index (κ2) is 6.03. The van der Waals surface area contributed by atoms with Gasteiger partial charge in [0.05, 0.1) is 5.56 Å². The van der Waals surface area contributed by atoms with E-state index in [9.17, 15) is 8.42 Å². The standard InChI is InChI=1S/C16H14N2O2S2/c17-11-13-4-1-2-6-16(13)22(19,20)18-14-7-8-15-12(10-14)5-3-9-21-15/h1-2,4,6-8,10,18H,3,5,9H2. The van der Waals surface area contributed by atoms with Crippen LogP contribution in [0.4, 0.5) is 5.69 Å². The molecule has 0 saturated carbocycles. The fourth-order valence-electron chi connectivity index (χ4n) is 2.43. The van der Waals surface area contributed by atoms with Crippen LogP contribution in [0.2, 0.25) is 0 Å². The van der Waals surface area contributed by atoms with Crippen molar-refractivity contribution >= 4 is 27.5 Å². The maximum atomic E-state index is 12.5. The quantitative estimate of drug-likeness (QED) is 0.936. The van der Waals surface area contributed by atoms with E-state index in [0.717, 1.165) is 18.6 Å². The van der Waals surface area contributed by atoms with Gasteiger partial charge in [0.25, 0.3) is 10.0 Å². The first kappa shape index (κ1) is 14.9. The number of nitrogens with one attached hydrogen (secondary N) is 1. The Kier molecular flexibility index (Phi) is 4.10. The Morgan fingerprint density at radius 3 is 2.82 bits per heavy atom. The summed E-state index contributed by atoms with van der Waals surface area (Å²) in [6, 6.07) is 13.7. The molecule has 0 radical (unpaired) electrons. The van der Waals surface area contributed by atoms with Gasteiger partial charge >= 0.3 is 0 Å². The van der Waals surface area contributed by atoms with E-state index in [1.807, 2.05) is 18.2 Å². The number of thioether (sulfide) groups is 1. The first-order valence-electron chi connectivity index (χ1n) is 6.88. The average Bonchev–Trinajstić information content (AvgIpc) is 2.54. The van der Waals surface area contributed by atoms with Gasteiger partial charge in [0.15, 0.2) is 0 Å². The van der Waals surface area contributed by atoms with E-state index in [1.165, 1.54) is 22.6 Å². The summed E-state index contributed by atoms with van der Waals surface area (Å²) < 4.78 is 27.5. The van der Waals surface area contributed by atoms with Crippen LogP contribution in [-0.2, 0) is 16.4 Å². The van der Waals surface area contributed by atoms with Crippen molar-refractivity contribution in [2.75, 3.05) is 10.5 Å². The first-order chi connectivity index (χ1) is 10.6. The van der Waals surface area contributed by atoms with Crippen LogP contribution < -0.4 is 4.72 Å². The molecule has 0 fully saturated rings. The molecule has 0 bridgehead atoms. The minimum Gasteiger partial charge on any atom is -0.280 e. The van der Waals surface area contributed by atoms with E-state index < -0.39 is 10.0 Å². The number of hydrogen-bond donors (Lipinski definition) is 1. The molecule has 1 aliphatic heterocycles. The van der Waals surface area contributed by atoms with Crippen molar-refractivity contribution < 1.29 is 8.42 Å². The molecule has 0 spiro atoms. The number of nitriles is 1. The summed E-state index contributed by atoms with van der Waals surface area (Å²) in [7, 11) is -3.76. The van der Waals surface area contributed by atoms with Crippen LogP contribution >= 0.6 is 11.8 Å². The van der Waals surface area contributed by atoms with Crippen LogP contribution in [0.1, 0.15) is 17.5 Å². The number of anilines is 1. The van der Waals surface area contributed by atoms with E-state index in [4.69, 9.17) is 5.26 Å². The van der Waals surface area contributed by atoms with Gasteiger partial charge in [-0.25, -0.2) is 8.42 Å². The lowest BCUT2D eigenvalue weighted by atomic mass is 10.1. The fraction of sp³-hybridized carbons (Fsp3) is 0.188. The summed E-state index contributed by atoms with van der Waals surface area (Å²) in [5.74, 6) is 1.10. The molecule has 0 aliphatic carbocycles. The van der Waals surface area contributed by atoms with E-state index in [2.05, 4.69) is 4.72 Å². The van der Waals surface area contributed by atoms with E-state index in [1.54, 1.807) is 30.0 Å². The minimum atomic E-state index is -3.76. The molecule has 1 N–H and O–H groups in total. The van der Waals surface area contributed by atoms with E-state index in [0.29, 0.717) is 5.69 Å². The molecular formula is C16H14N2O2S2. The smallest absolute Gasteiger partial charge is 0.263 e. The van der Waals surface area contributed by atoms with Gasteiger partial charge in [0.2, 0.25) is 0 Å². The molecule has 1 heterocycles. The van der Waals surface area contributed by atoms with Crippen LogP contribution in [0, 0.1) is 11.3 Å². The minimum absolute atomic E-state index is 0.00426. The summed E-state index contributed by atoms with van der Waals surface area (Å²) >= 11 is 1.80. The molecule has 3 rings (SSSR count). The second-order valence-corrected chi connectivity index (χ2v) is 7.78. The van der Waals surface area contributed by atoms with Gasteiger partial charge in [0, 0.05) is 10.6 Å². The molecule has 1 aliphatic rings. The molecule has 6 heteroatoms. The van der Waals surface area contributed by atoms with Crippen LogP contribution in [-0.4, -0.2) is 14.2 Å². The first-order valence-corrected chi connectivity index (χ1v) is 9.35. The summed E-state index contributed by atoms with van der Waals surface area (Å²) in [5.41, 5.74) is 1.85. The Balaban J connectivity index is 1.93. The van der Waals surface area contributed by atoms with Crippen molar-refractivity contribution in [3.05, 3.63) is 53.6 Å². The van der Waals surface area contributed by atoms with Crippen molar-refractivity contribution in [2.24, 2.45) is 0 Å². The molecule has 0 amide bonds. The van der Waals surface area contributed by atoms with Gasteiger partial charge in [-0.3, -0.25) is 4.72 Å². The van der Waals surface area contributed by atoms with Gasteiger partial charge in [-0.1, -0.05) is 12.1 Å². The van der Waals surface area contributed by atoms with Gasteiger partial charge in [0.1, 0.15) is 11.0 Å². The van der Waals surface area contributed by atoms with E-state index in [-0.39, 0.29) is 10.5 Å². The van der Waals surface area contributed by atoms with Crippen LogP contribution in [0.25, 0.3) is 0 Å². The average molecular weight is 330 g/mol. The highest BCUT2D eigenvalue weighted by Gasteiger charge is 2.19. The lowest BCUT2D eigenvalue weighted by Crippen LogP contribution is -2.14. The van der Waals surface area contributed by atoms with Crippen molar-refractivity contribution in [2.45, 2.75) is 22.6 Å². The van der Waals surface area contributed by atoms with Crippen LogP contribution in [0.5, 0.6) is 0 Å². The molecule has 22 heavy (non-hydrogen) atoms.